The Morgan fingerprint density at radius 1 is 1.18 bits per heavy atom. The number of rotatable bonds is 7. The zero-order valence-electron chi connectivity index (χ0n) is 16.6. The monoisotopic (exact) mass is 386 g/mol. The second kappa shape index (κ2) is 9.68. The number of anilines is 1. The van der Waals surface area contributed by atoms with E-state index in [9.17, 15) is 14.9 Å². The molecule has 1 aromatic carbocycles. The molecule has 0 aromatic heterocycles. The molecular formula is C21H30N4O3. The van der Waals surface area contributed by atoms with Crippen molar-refractivity contribution >= 4 is 17.3 Å². The second-order valence-electron chi connectivity index (χ2n) is 7.62. The van der Waals surface area contributed by atoms with E-state index in [1.54, 1.807) is 24.3 Å². The van der Waals surface area contributed by atoms with Crippen LogP contribution in [0.4, 0.5) is 11.4 Å². The molecule has 1 aliphatic heterocycles. The molecule has 0 spiro atoms. The fourth-order valence-corrected chi connectivity index (χ4v) is 3.94. The summed E-state index contributed by atoms with van der Waals surface area (Å²) in [6.45, 7) is 5.91. The molecule has 1 fully saturated rings. The molecule has 7 nitrogen and oxygen atoms in total. The molecule has 7 heteroatoms. The highest BCUT2D eigenvalue weighted by Gasteiger charge is 2.25. The van der Waals surface area contributed by atoms with Gasteiger partial charge in [0.25, 0.3) is 5.69 Å². The van der Waals surface area contributed by atoms with E-state index in [2.05, 4.69) is 21.2 Å². The van der Waals surface area contributed by atoms with E-state index in [-0.39, 0.29) is 22.6 Å². The van der Waals surface area contributed by atoms with Crippen molar-refractivity contribution in [3.63, 3.8) is 0 Å². The molecule has 2 aliphatic rings. The first-order valence-corrected chi connectivity index (χ1v) is 10.2. The maximum atomic E-state index is 12.5. The van der Waals surface area contributed by atoms with Gasteiger partial charge in [-0.1, -0.05) is 11.6 Å². The predicted molar refractivity (Wildman–Crippen MR) is 111 cm³/mol. The van der Waals surface area contributed by atoms with E-state index >= 15 is 0 Å². The van der Waals surface area contributed by atoms with Gasteiger partial charge in [-0.05, 0) is 51.2 Å². The Labute approximate surface area is 166 Å². The van der Waals surface area contributed by atoms with Crippen LogP contribution in [-0.4, -0.2) is 54.5 Å². The number of benzene rings is 1. The van der Waals surface area contributed by atoms with Crippen molar-refractivity contribution in [3.05, 3.63) is 46.0 Å². The lowest BCUT2D eigenvalue weighted by atomic mass is 9.97. The molecule has 0 bridgehead atoms. The van der Waals surface area contributed by atoms with Gasteiger partial charge in [0.1, 0.15) is 0 Å². The summed E-state index contributed by atoms with van der Waals surface area (Å²) in [4.78, 5) is 27.3. The topological polar surface area (TPSA) is 78.7 Å². The molecule has 1 aromatic rings. The minimum Gasteiger partial charge on any atom is -0.369 e. The molecule has 0 unspecified atom stereocenters. The SMILES string of the molecule is C[C@@H](C(=O)NCCC1=CCCCC1)N1CCN(c2ccc([N+](=O)[O-])cc2)CC1. The molecule has 1 amide bonds. The Balaban J connectivity index is 1.42. The number of nitro benzene ring substituents is 1. The van der Waals surface area contributed by atoms with Crippen LogP contribution in [0.15, 0.2) is 35.9 Å². The number of hydrogen-bond acceptors (Lipinski definition) is 5. The predicted octanol–water partition coefficient (Wildman–Crippen LogP) is 3.11. The maximum Gasteiger partial charge on any atom is 0.269 e. The smallest absolute Gasteiger partial charge is 0.269 e. The molecule has 0 saturated carbocycles. The van der Waals surface area contributed by atoms with Gasteiger partial charge in [-0.2, -0.15) is 0 Å². The van der Waals surface area contributed by atoms with Gasteiger partial charge in [0.15, 0.2) is 0 Å². The molecule has 1 atom stereocenters. The molecule has 1 aliphatic carbocycles. The van der Waals surface area contributed by atoms with Gasteiger partial charge in [0, 0.05) is 50.5 Å². The zero-order chi connectivity index (χ0) is 19.9. The lowest BCUT2D eigenvalue weighted by Crippen LogP contribution is -2.54. The van der Waals surface area contributed by atoms with Crippen LogP contribution in [0.3, 0.4) is 0 Å². The molecular weight excluding hydrogens is 356 g/mol. The number of non-ortho nitro benzene ring substituents is 1. The van der Waals surface area contributed by atoms with E-state index in [0.717, 1.165) is 44.8 Å². The van der Waals surface area contributed by atoms with Crippen molar-refractivity contribution in [1.82, 2.24) is 10.2 Å². The molecule has 28 heavy (non-hydrogen) atoms. The van der Waals surface area contributed by atoms with Crippen LogP contribution in [0.1, 0.15) is 39.0 Å². The number of nitrogens with one attached hydrogen (secondary N) is 1. The van der Waals surface area contributed by atoms with E-state index in [4.69, 9.17) is 0 Å². The average molecular weight is 386 g/mol. The fraction of sp³-hybridized carbons (Fsp3) is 0.571. The second-order valence-corrected chi connectivity index (χ2v) is 7.62. The molecule has 3 rings (SSSR count). The minimum absolute atomic E-state index is 0.0974. The highest BCUT2D eigenvalue weighted by molar-refractivity contribution is 5.81. The quantitative estimate of drug-likeness (QED) is 0.443. The third kappa shape index (κ3) is 5.32. The summed E-state index contributed by atoms with van der Waals surface area (Å²) in [5.74, 6) is 0.0974. The first-order valence-electron chi connectivity index (χ1n) is 10.2. The first-order chi connectivity index (χ1) is 13.5. The van der Waals surface area contributed by atoms with Crippen molar-refractivity contribution in [2.24, 2.45) is 0 Å². The van der Waals surface area contributed by atoms with Crippen molar-refractivity contribution in [3.8, 4) is 0 Å². The highest BCUT2D eigenvalue weighted by Crippen LogP contribution is 2.21. The van der Waals surface area contributed by atoms with Crippen molar-refractivity contribution in [1.29, 1.82) is 0 Å². The summed E-state index contributed by atoms with van der Waals surface area (Å²) in [5.41, 5.74) is 2.58. The normalized spacial score (nSPS) is 19.0. The van der Waals surface area contributed by atoms with Gasteiger partial charge in [-0.15, -0.1) is 0 Å². The summed E-state index contributed by atoms with van der Waals surface area (Å²) in [5, 5.41) is 13.9. The number of amides is 1. The number of nitrogens with zero attached hydrogens (tertiary/aromatic N) is 3. The van der Waals surface area contributed by atoms with Crippen LogP contribution in [0.5, 0.6) is 0 Å². The van der Waals surface area contributed by atoms with Gasteiger partial charge in [0.05, 0.1) is 11.0 Å². The zero-order valence-corrected chi connectivity index (χ0v) is 16.6. The van der Waals surface area contributed by atoms with Crippen LogP contribution < -0.4 is 10.2 Å². The van der Waals surface area contributed by atoms with E-state index in [1.807, 2.05) is 6.92 Å². The molecule has 1 heterocycles. The van der Waals surface area contributed by atoms with Crippen LogP contribution in [0.25, 0.3) is 0 Å². The highest BCUT2D eigenvalue weighted by atomic mass is 16.6. The number of carbonyl (C=O) groups is 1. The van der Waals surface area contributed by atoms with Gasteiger partial charge in [-0.25, -0.2) is 0 Å². The maximum absolute atomic E-state index is 12.5. The standard InChI is InChI=1S/C21H30N4O3/c1-17(21(26)22-12-11-18-5-3-2-4-6-18)23-13-15-24(16-14-23)19-7-9-20(10-8-19)25(27)28/h5,7-10,17H,2-4,6,11-16H2,1H3,(H,22,26)/t17-/m0/s1. The van der Waals surface area contributed by atoms with Crippen molar-refractivity contribution in [2.45, 2.75) is 45.1 Å². The number of allylic oxidation sites excluding steroid dienone is 1. The number of hydrogen-bond donors (Lipinski definition) is 1. The van der Waals surface area contributed by atoms with E-state index < -0.39 is 0 Å². The van der Waals surface area contributed by atoms with Crippen LogP contribution in [0, 0.1) is 10.1 Å². The third-order valence-electron chi connectivity index (χ3n) is 5.80. The largest absolute Gasteiger partial charge is 0.369 e. The Hall–Kier alpha value is -2.41. The van der Waals surface area contributed by atoms with E-state index in [1.165, 1.54) is 31.3 Å². The van der Waals surface area contributed by atoms with E-state index in [0.29, 0.717) is 0 Å². The minimum atomic E-state index is -0.382. The van der Waals surface area contributed by atoms with Gasteiger partial charge < -0.3 is 10.2 Å². The summed E-state index contributed by atoms with van der Waals surface area (Å²) >= 11 is 0. The number of carbonyl (C=O) groups excluding carboxylic acids is 1. The Kier molecular flexibility index (Phi) is 7.03. The van der Waals surface area contributed by atoms with Crippen LogP contribution in [-0.2, 0) is 4.79 Å². The Morgan fingerprint density at radius 3 is 2.50 bits per heavy atom. The summed E-state index contributed by atoms with van der Waals surface area (Å²) in [6.07, 6.45) is 8.21. The molecule has 1 saturated heterocycles. The lowest BCUT2D eigenvalue weighted by Gasteiger charge is -2.38. The van der Waals surface area contributed by atoms with Crippen LogP contribution >= 0.6 is 0 Å². The molecule has 1 N–H and O–H groups in total. The van der Waals surface area contributed by atoms with Gasteiger partial charge in [0.2, 0.25) is 5.91 Å². The summed E-state index contributed by atoms with van der Waals surface area (Å²) < 4.78 is 0. The van der Waals surface area contributed by atoms with Gasteiger partial charge >= 0.3 is 0 Å². The summed E-state index contributed by atoms with van der Waals surface area (Å²) in [6, 6.07) is 6.53. The summed E-state index contributed by atoms with van der Waals surface area (Å²) in [7, 11) is 0. The Morgan fingerprint density at radius 2 is 1.89 bits per heavy atom. The fourth-order valence-electron chi connectivity index (χ4n) is 3.94. The lowest BCUT2D eigenvalue weighted by molar-refractivity contribution is -0.384. The van der Waals surface area contributed by atoms with Gasteiger partial charge in [-0.3, -0.25) is 19.8 Å². The molecule has 0 radical (unpaired) electrons. The Bertz CT molecular complexity index is 709. The number of piperazine rings is 1. The third-order valence-corrected chi connectivity index (χ3v) is 5.80. The van der Waals surface area contributed by atoms with Crippen molar-refractivity contribution in [2.75, 3.05) is 37.6 Å². The average Bonchev–Trinajstić information content (AvgIpc) is 2.74. The van der Waals surface area contributed by atoms with Crippen LogP contribution in [0.2, 0.25) is 0 Å². The van der Waals surface area contributed by atoms with Crippen molar-refractivity contribution < 1.29 is 9.72 Å². The number of nitro groups is 1. The first kappa shape index (κ1) is 20.3. The molecule has 152 valence electrons.